The van der Waals surface area contributed by atoms with Gasteiger partial charge in [-0.2, -0.15) is 10.5 Å². The number of nitriles is 2. The molecule has 21 heavy (non-hydrogen) atoms. The van der Waals surface area contributed by atoms with Crippen LogP contribution in [-0.2, 0) is 11.3 Å². The van der Waals surface area contributed by atoms with Crippen molar-refractivity contribution in [3.8, 4) is 12.1 Å². The van der Waals surface area contributed by atoms with Gasteiger partial charge in [-0.25, -0.2) is 4.98 Å². The number of nitrogens with two attached hydrogens (primary N) is 1. The second kappa shape index (κ2) is 6.22. The lowest BCUT2D eigenvalue weighted by Crippen LogP contribution is -2.14. The Morgan fingerprint density at radius 3 is 2.62 bits per heavy atom. The minimum Gasteiger partial charge on any atom is -0.399 e. The highest BCUT2D eigenvalue weighted by molar-refractivity contribution is 5.90. The fourth-order valence-corrected chi connectivity index (χ4v) is 1.76. The molecule has 2 aromatic rings. The number of hydrogen-bond acceptors (Lipinski definition) is 5. The molecular weight excluding hydrogens is 268 g/mol. The molecule has 3 N–H and O–H groups in total. The summed E-state index contributed by atoms with van der Waals surface area (Å²) in [6.45, 7) is 0.276. The Kier molecular flexibility index (Phi) is 4.17. The van der Waals surface area contributed by atoms with E-state index in [0.29, 0.717) is 11.4 Å². The minimum atomic E-state index is -0.198. The number of carbonyl (C=O) groups is 1. The number of anilines is 2. The maximum absolute atomic E-state index is 11.8. The van der Waals surface area contributed by atoms with Crippen LogP contribution in [0.25, 0.3) is 0 Å². The zero-order valence-electron chi connectivity index (χ0n) is 11.1. The summed E-state index contributed by atoms with van der Waals surface area (Å²) in [4.78, 5) is 15.6. The molecule has 0 spiro atoms. The molecule has 0 saturated carbocycles. The van der Waals surface area contributed by atoms with Gasteiger partial charge in [-0.15, -0.1) is 0 Å². The monoisotopic (exact) mass is 280 g/mol. The van der Waals surface area contributed by atoms with Crippen LogP contribution in [0.1, 0.15) is 17.8 Å². The molecule has 0 radical (unpaired) electrons. The minimum absolute atomic E-state index is 0.0662. The van der Waals surface area contributed by atoms with Gasteiger partial charge in [0, 0.05) is 24.3 Å². The van der Waals surface area contributed by atoms with E-state index in [0.717, 1.165) is 0 Å². The number of nitrogen functional groups attached to an aromatic ring is 1. The van der Waals surface area contributed by atoms with Crippen molar-refractivity contribution in [2.75, 3.05) is 11.1 Å². The van der Waals surface area contributed by atoms with Crippen LogP contribution >= 0.6 is 0 Å². The molecule has 0 aliphatic rings. The largest absolute Gasteiger partial charge is 0.399 e. The van der Waals surface area contributed by atoms with E-state index in [1.807, 2.05) is 12.1 Å². The summed E-state index contributed by atoms with van der Waals surface area (Å²) in [7, 11) is 0. The van der Waals surface area contributed by atoms with Gasteiger partial charge in [0.2, 0.25) is 5.91 Å². The smallest absolute Gasteiger partial charge is 0.226 e. The predicted octanol–water partition coefficient (Wildman–Crippen LogP) is 1.24. The fourth-order valence-electron chi connectivity index (χ4n) is 1.76. The van der Waals surface area contributed by atoms with Crippen molar-refractivity contribution >= 4 is 17.3 Å². The number of nitrogens with one attached hydrogen (secondary N) is 1. The molecule has 0 aliphatic heterocycles. The predicted molar refractivity (Wildman–Crippen MR) is 75.8 cm³/mol. The van der Waals surface area contributed by atoms with Crippen LogP contribution in [0.2, 0.25) is 0 Å². The van der Waals surface area contributed by atoms with E-state index < -0.39 is 0 Å². The van der Waals surface area contributed by atoms with Crippen molar-refractivity contribution in [3.05, 3.63) is 42.0 Å². The van der Waals surface area contributed by atoms with Crippen LogP contribution in [0, 0.1) is 22.7 Å². The van der Waals surface area contributed by atoms with E-state index in [-0.39, 0.29) is 30.3 Å². The number of hydrogen-bond donors (Lipinski definition) is 2. The molecule has 0 unspecified atom stereocenters. The van der Waals surface area contributed by atoms with Gasteiger partial charge in [-0.05, 0) is 24.3 Å². The molecule has 0 bridgehead atoms. The van der Waals surface area contributed by atoms with Crippen molar-refractivity contribution in [3.63, 3.8) is 0 Å². The van der Waals surface area contributed by atoms with E-state index in [4.69, 9.17) is 16.3 Å². The highest BCUT2D eigenvalue weighted by Crippen LogP contribution is 2.11. The van der Waals surface area contributed by atoms with Crippen molar-refractivity contribution in [2.24, 2.45) is 0 Å². The molecule has 1 heterocycles. The number of nitrogens with zero attached hydrogens (tertiary/aromatic N) is 4. The lowest BCUT2D eigenvalue weighted by Gasteiger charge is -2.06. The molecule has 1 aromatic carbocycles. The zero-order chi connectivity index (χ0) is 15.2. The van der Waals surface area contributed by atoms with E-state index in [1.165, 1.54) is 10.9 Å². The number of aryl methyl sites for hydroxylation is 1. The maximum Gasteiger partial charge on any atom is 0.226 e. The summed E-state index contributed by atoms with van der Waals surface area (Å²) in [5.74, 6) is -0.198. The Balaban J connectivity index is 1.96. The van der Waals surface area contributed by atoms with Crippen molar-refractivity contribution in [1.29, 1.82) is 10.5 Å². The van der Waals surface area contributed by atoms with Gasteiger partial charge < -0.3 is 15.6 Å². The molecule has 0 aliphatic carbocycles. The third kappa shape index (κ3) is 3.37. The molecule has 7 heteroatoms. The average Bonchev–Trinajstić information content (AvgIpc) is 2.89. The van der Waals surface area contributed by atoms with Gasteiger partial charge in [0.25, 0.3) is 0 Å². The molecule has 1 amide bonds. The summed E-state index contributed by atoms with van der Waals surface area (Å²) >= 11 is 0. The van der Waals surface area contributed by atoms with Crippen LogP contribution in [-0.4, -0.2) is 15.5 Å². The molecular formula is C14H12N6O. The average molecular weight is 280 g/mol. The second-order valence-corrected chi connectivity index (χ2v) is 4.28. The third-order valence-corrected chi connectivity index (χ3v) is 2.82. The van der Waals surface area contributed by atoms with E-state index in [2.05, 4.69) is 10.3 Å². The van der Waals surface area contributed by atoms with Crippen LogP contribution in [0.5, 0.6) is 0 Å². The standard InChI is InChI=1S/C14H12N6O/c15-7-12-13(8-16)20(9-18-12)6-5-14(21)19-11-3-1-10(17)2-4-11/h1-4,9H,5-6,17H2,(H,19,21). The first kappa shape index (κ1) is 14.1. The van der Waals surface area contributed by atoms with Crippen molar-refractivity contribution < 1.29 is 4.79 Å². The Bertz CT molecular complexity index is 732. The summed E-state index contributed by atoms with van der Waals surface area (Å²) < 4.78 is 1.49. The third-order valence-electron chi connectivity index (χ3n) is 2.82. The van der Waals surface area contributed by atoms with E-state index in [9.17, 15) is 4.79 Å². The van der Waals surface area contributed by atoms with Crippen LogP contribution in [0.15, 0.2) is 30.6 Å². The number of carbonyl (C=O) groups excluding carboxylic acids is 1. The number of benzene rings is 1. The van der Waals surface area contributed by atoms with Gasteiger partial charge in [0.05, 0.1) is 6.33 Å². The van der Waals surface area contributed by atoms with Crippen LogP contribution < -0.4 is 11.1 Å². The lowest BCUT2D eigenvalue weighted by molar-refractivity contribution is -0.116. The molecule has 0 saturated heterocycles. The highest BCUT2D eigenvalue weighted by Gasteiger charge is 2.11. The highest BCUT2D eigenvalue weighted by atomic mass is 16.1. The quantitative estimate of drug-likeness (QED) is 0.816. The van der Waals surface area contributed by atoms with E-state index in [1.54, 1.807) is 24.3 Å². The first-order valence-corrected chi connectivity index (χ1v) is 6.14. The normalized spacial score (nSPS) is 9.62. The van der Waals surface area contributed by atoms with Crippen LogP contribution in [0.3, 0.4) is 0 Å². The SMILES string of the molecule is N#Cc1ncn(CCC(=O)Nc2ccc(N)cc2)c1C#N. The second-order valence-electron chi connectivity index (χ2n) is 4.28. The Labute approximate surface area is 121 Å². The molecule has 0 atom stereocenters. The Morgan fingerprint density at radius 2 is 2.00 bits per heavy atom. The molecule has 1 aromatic heterocycles. The fraction of sp³-hybridized carbons (Fsp3) is 0.143. The molecule has 7 nitrogen and oxygen atoms in total. The van der Waals surface area contributed by atoms with Gasteiger partial charge in [0.15, 0.2) is 11.4 Å². The number of imidazole rings is 1. The van der Waals surface area contributed by atoms with Gasteiger partial charge in [-0.3, -0.25) is 4.79 Å². The summed E-state index contributed by atoms with van der Waals surface area (Å²) in [6, 6.07) is 10.5. The molecule has 104 valence electrons. The zero-order valence-corrected chi connectivity index (χ0v) is 11.1. The van der Waals surface area contributed by atoms with Gasteiger partial charge >= 0.3 is 0 Å². The van der Waals surface area contributed by atoms with Crippen molar-refractivity contribution in [2.45, 2.75) is 13.0 Å². The first-order chi connectivity index (χ1) is 10.1. The van der Waals surface area contributed by atoms with Crippen LogP contribution in [0.4, 0.5) is 11.4 Å². The lowest BCUT2D eigenvalue weighted by atomic mass is 10.2. The summed E-state index contributed by atoms with van der Waals surface area (Å²) in [6.07, 6.45) is 1.55. The number of amides is 1. The number of aromatic nitrogens is 2. The topological polar surface area (TPSA) is 121 Å². The summed E-state index contributed by atoms with van der Waals surface area (Å²) in [5, 5.41) is 20.5. The first-order valence-electron chi connectivity index (χ1n) is 6.14. The molecule has 2 rings (SSSR count). The number of rotatable bonds is 4. The van der Waals surface area contributed by atoms with E-state index >= 15 is 0 Å². The molecule has 0 fully saturated rings. The van der Waals surface area contributed by atoms with Gasteiger partial charge in [0.1, 0.15) is 12.1 Å². The van der Waals surface area contributed by atoms with Crippen molar-refractivity contribution in [1.82, 2.24) is 9.55 Å². The van der Waals surface area contributed by atoms with Gasteiger partial charge in [-0.1, -0.05) is 0 Å². The Morgan fingerprint density at radius 1 is 1.29 bits per heavy atom. The Hall–Kier alpha value is -3.32. The maximum atomic E-state index is 11.8. The summed E-state index contributed by atoms with van der Waals surface area (Å²) in [5.41, 5.74) is 7.06.